The lowest BCUT2D eigenvalue weighted by Crippen LogP contribution is -2.31. The van der Waals surface area contributed by atoms with Crippen molar-refractivity contribution in [3.63, 3.8) is 0 Å². The van der Waals surface area contributed by atoms with Gasteiger partial charge >= 0.3 is 0 Å². The van der Waals surface area contributed by atoms with Crippen molar-refractivity contribution in [2.75, 3.05) is 5.73 Å². The van der Waals surface area contributed by atoms with Gasteiger partial charge in [0.2, 0.25) is 0 Å². The molecule has 0 saturated heterocycles. The Morgan fingerprint density at radius 3 is 2.00 bits per heavy atom. The lowest BCUT2D eigenvalue weighted by Gasteiger charge is -2.37. The maximum absolute atomic E-state index is 7.08. The van der Waals surface area contributed by atoms with Gasteiger partial charge in [-0.05, 0) is 78.6 Å². The van der Waals surface area contributed by atoms with Crippen LogP contribution in [0.25, 0.3) is 22.4 Å². The van der Waals surface area contributed by atoms with E-state index in [-0.39, 0.29) is 5.92 Å². The van der Waals surface area contributed by atoms with E-state index in [4.69, 9.17) is 11.6 Å². The summed E-state index contributed by atoms with van der Waals surface area (Å²) < 4.78 is 0. The zero-order chi connectivity index (χ0) is 40.4. The molecule has 6 aromatic carbocycles. The number of rotatable bonds is 10. The van der Waals surface area contributed by atoms with Crippen molar-refractivity contribution >= 4 is 28.1 Å². The summed E-state index contributed by atoms with van der Waals surface area (Å²) in [7, 11) is 0. The molecule has 3 nitrogen and oxygen atoms in total. The molecule has 8 rings (SSSR count). The number of hydrogen-bond acceptors (Lipinski definition) is 3. The molecule has 59 heavy (non-hydrogen) atoms. The Bertz CT molecular complexity index is 2730. The summed E-state index contributed by atoms with van der Waals surface area (Å²) in [5.41, 5.74) is 22.1. The molecule has 0 aromatic heterocycles. The summed E-state index contributed by atoms with van der Waals surface area (Å²) in [5.74, 6) is 6.32. The van der Waals surface area contributed by atoms with Crippen molar-refractivity contribution < 1.29 is 0 Å². The van der Waals surface area contributed by atoms with Crippen LogP contribution in [-0.2, 0) is 5.41 Å². The lowest BCUT2D eigenvalue weighted by atomic mass is 9.64. The average Bonchev–Trinajstić information content (AvgIpc) is 3.56. The van der Waals surface area contributed by atoms with Crippen molar-refractivity contribution in [2.24, 2.45) is 5.84 Å². The zero-order valence-electron chi connectivity index (χ0n) is 33.0. The minimum absolute atomic E-state index is 0.0104. The van der Waals surface area contributed by atoms with Gasteiger partial charge in [0, 0.05) is 11.6 Å². The van der Waals surface area contributed by atoms with Crippen molar-refractivity contribution in [3.05, 3.63) is 293 Å². The molecule has 1 unspecified atom stereocenters. The van der Waals surface area contributed by atoms with Crippen molar-refractivity contribution in [1.82, 2.24) is 5.43 Å². The second kappa shape index (κ2) is 17.8. The molecule has 0 fully saturated rings. The van der Waals surface area contributed by atoms with E-state index in [0.717, 1.165) is 44.8 Å². The van der Waals surface area contributed by atoms with Crippen LogP contribution in [0.2, 0.25) is 0 Å². The third kappa shape index (κ3) is 7.56. The second-order valence-electron chi connectivity index (χ2n) is 14.5. The largest absolute Gasteiger partial charge is 0.398 e. The first-order valence-electron chi connectivity index (χ1n) is 20.0. The number of nitrogens with one attached hydrogen (secondary N) is 1. The number of anilines is 1. The molecule has 0 spiro atoms. The van der Waals surface area contributed by atoms with Crippen LogP contribution in [0.1, 0.15) is 44.9 Å². The molecule has 0 saturated carbocycles. The Morgan fingerprint density at radius 2 is 1.25 bits per heavy atom. The predicted octanol–water partition coefficient (Wildman–Crippen LogP) is 12.6. The highest BCUT2D eigenvalue weighted by Crippen LogP contribution is 2.58. The fraction of sp³-hybridized carbons (Fsp3) is 0.0357. The van der Waals surface area contributed by atoms with E-state index in [9.17, 15) is 0 Å². The number of hydrazine groups is 1. The summed E-state index contributed by atoms with van der Waals surface area (Å²) in [6.07, 6.45) is 31.5. The van der Waals surface area contributed by atoms with E-state index in [1.165, 1.54) is 33.0 Å². The number of para-hydroxylation sites is 1. The molecule has 0 bridgehead atoms. The number of nitrogens with two attached hydrogens (primary N) is 2. The Morgan fingerprint density at radius 1 is 0.593 bits per heavy atom. The number of fused-ring (bicyclic) bond motifs is 4. The molecule has 0 heterocycles. The lowest BCUT2D eigenvalue weighted by molar-refractivity contribution is 0.763. The smallest absolute Gasteiger partial charge is 0.0739 e. The summed E-state index contributed by atoms with van der Waals surface area (Å²) in [6, 6.07) is 51.2. The van der Waals surface area contributed by atoms with Gasteiger partial charge in [-0.3, -0.25) is 5.84 Å². The molecule has 286 valence electrons. The summed E-state index contributed by atoms with van der Waals surface area (Å²) in [6.45, 7) is 3.86. The Labute approximate surface area is 348 Å². The van der Waals surface area contributed by atoms with Crippen LogP contribution >= 0.6 is 0 Å². The third-order valence-electron chi connectivity index (χ3n) is 11.2. The SMILES string of the molecule is C=C/C=C\C=C/c1ccccc1C1(c2ccccc2N)C2=C(/C=C\C=C/C(C(=C/C(c3ccccc3)c3ccccc3)/NN)=C\C=C\C=C\2)c2c1ccc1ccccc21. The number of nitrogen functional groups attached to an aromatic ring is 1. The first-order valence-corrected chi connectivity index (χ1v) is 20.0. The Balaban J connectivity index is 1.34. The fourth-order valence-electron chi connectivity index (χ4n) is 8.61. The molecule has 0 amide bonds. The molecule has 0 aliphatic heterocycles. The molecule has 5 N–H and O–H groups in total. The molecular formula is C56H47N3. The van der Waals surface area contributed by atoms with E-state index in [2.05, 4.69) is 206 Å². The van der Waals surface area contributed by atoms with Crippen LogP contribution in [0, 0.1) is 0 Å². The predicted molar refractivity (Wildman–Crippen MR) is 251 cm³/mol. The van der Waals surface area contributed by atoms with E-state index < -0.39 is 5.41 Å². The second-order valence-corrected chi connectivity index (χ2v) is 14.5. The highest BCUT2D eigenvalue weighted by atomic mass is 15.2. The molecule has 2 aliphatic carbocycles. The van der Waals surface area contributed by atoms with Crippen LogP contribution in [0.5, 0.6) is 0 Å². The van der Waals surface area contributed by atoms with E-state index >= 15 is 0 Å². The minimum atomic E-state index is -0.754. The maximum Gasteiger partial charge on any atom is 0.0739 e. The van der Waals surface area contributed by atoms with E-state index in [1.807, 2.05) is 36.4 Å². The molecule has 2 aliphatic rings. The van der Waals surface area contributed by atoms with Crippen molar-refractivity contribution in [3.8, 4) is 0 Å². The molecular weight excluding hydrogens is 715 g/mol. The van der Waals surface area contributed by atoms with Gasteiger partial charge in [0.15, 0.2) is 0 Å². The molecule has 3 heteroatoms. The van der Waals surface area contributed by atoms with Gasteiger partial charge < -0.3 is 11.2 Å². The summed E-state index contributed by atoms with van der Waals surface area (Å²) in [4.78, 5) is 0. The van der Waals surface area contributed by atoms with Crippen molar-refractivity contribution in [2.45, 2.75) is 11.3 Å². The summed E-state index contributed by atoms with van der Waals surface area (Å²) >= 11 is 0. The zero-order valence-corrected chi connectivity index (χ0v) is 33.0. The maximum atomic E-state index is 7.08. The Hall–Kier alpha value is -7.46. The third-order valence-corrected chi connectivity index (χ3v) is 11.2. The highest BCUT2D eigenvalue weighted by Gasteiger charge is 2.48. The Kier molecular flexibility index (Phi) is 11.6. The molecule has 1 atom stereocenters. The average molecular weight is 762 g/mol. The molecule has 6 aromatic rings. The van der Waals surface area contributed by atoms with Crippen LogP contribution in [0.15, 0.2) is 254 Å². The molecule has 0 radical (unpaired) electrons. The van der Waals surface area contributed by atoms with E-state index in [1.54, 1.807) is 6.08 Å². The van der Waals surface area contributed by atoms with Crippen LogP contribution in [-0.4, -0.2) is 0 Å². The van der Waals surface area contributed by atoms with E-state index in [0.29, 0.717) is 0 Å². The standard InChI is InChI=1S/C56H47N3/c1-2-3-4-8-28-44-29-17-20-34-49(44)56(51-36-21-22-37-53(51)57)50-35-14-7-13-30-45(31-16-19-33-47(50)55-46-32-18-15-27-43(46)38-39-52(55)56)54(59-58)40-48(41-23-9-5-10-24-41)42-25-11-6-12-26-42/h2-40,48,59H,1,57-58H2/b4-3-,13-7+,14-7?,19-16?,28-8-,30-13?,31-16-,33-19-,35-14+,45-30+,45-31?,47-33?,50-35?,54-40-. The van der Waals surface area contributed by atoms with Crippen LogP contribution in [0.4, 0.5) is 5.69 Å². The monoisotopic (exact) mass is 761 g/mol. The van der Waals surface area contributed by atoms with Gasteiger partial charge in [-0.2, -0.15) is 0 Å². The van der Waals surface area contributed by atoms with Gasteiger partial charge in [-0.15, -0.1) is 0 Å². The van der Waals surface area contributed by atoms with Gasteiger partial charge in [-0.1, -0.05) is 231 Å². The first-order chi connectivity index (χ1) is 29.1. The van der Waals surface area contributed by atoms with Crippen LogP contribution < -0.4 is 17.0 Å². The fourth-order valence-corrected chi connectivity index (χ4v) is 8.61. The van der Waals surface area contributed by atoms with Gasteiger partial charge in [0.05, 0.1) is 11.1 Å². The quantitative estimate of drug-likeness (QED) is 0.0564. The highest BCUT2D eigenvalue weighted by molar-refractivity contribution is 6.05. The van der Waals surface area contributed by atoms with Crippen LogP contribution in [0.3, 0.4) is 0 Å². The number of benzene rings is 6. The number of hydrogen-bond donors (Lipinski definition) is 3. The normalized spacial score (nSPS) is 19.7. The summed E-state index contributed by atoms with van der Waals surface area (Å²) in [5, 5.41) is 2.36. The van der Waals surface area contributed by atoms with Gasteiger partial charge in [0.25, 0.3) is 0 Å². The number of allylic oxidation sites excluding steroid dienone is 16. The topological polar surface area (TPSA) is 64.1 Å². The first kappa shape index (κ1) is 38.4. The van der Waals surface area contributed by atoms with Gasteiger partial charge in [0.1, 0.15) is 0 Å². The van der Waals surface area contributed by atoms with Crippen molar-refractivity contribution in [1.29, 1.82) is 0 Å². The van der Waals surface area contributed by atoms with Gasteiger partial charge in [-0.25, -0.2) is 0 Å². The minimum Gasteiger partial charge on any atom is -0.398 e.